The molecular weight excluding hydrogens is 583 g/mol. The molecule has 1 amide bonds. The minimum atomic E-state index is -0.996. The fraction of sp³-hybridized carbons (Fsp3) is 0.179. The van der Waals surface area contributed by atoms with Crippen molar-refractivity contribution in [1.29, 1.82) is 0 Å². The van der Waals surface area contributed by atoms with Crippen molar-refractivity contribution in [3.8, 4) is 22.8 Å². The van der Waals surface area contributed by atoms with Gasteiger partial charge in [-0.05, 0) is 51.9 Å². The van der Waals surface area contributed by atoms with Gasteiger partial charge in [0.25, 0.3) is 0 Å². The molecule has 4 rings (SSSR count). The van der Waals surface area contributed by atoms with Gasteiger partial charge < -0.3 is 24.7 Å². The summed E-state index contributed by atoms with van der Waals surface area (Å²) in [5.41, 5.74) is 2.91. The third-order valence-electron chi connectivity index (χ3n) is 5.69. The molecule has 0 fully saturated rings. The zero-order chi connectivity index (χ0) is 26.4. The number of halogens is 1. The highest BCUT2D eigenvalue weighted by atomic mass is 127. The molecule has 9 heteroatoms. The second-order valence-electron chi connectivity index (χ2n) is 8.56. The van der Waals surface area contributed by atoms with Gasteiger partial charge in [0.15, 0.2) is 5.75 Å². The summed E-state index contributed by atoms with van der Waals surface area (Å²) in [5.74, 6) is 0.744. The second kappa shape index (κ2) is 12.0. The predicted octanol–water partition coefficient (Wildman–Crippen LogP) is 5.25. The van der Waals surface area contributed by atoms with Gasteiger partial charge >= 0.3 is 6.09 Å². The fourth-order valence-electron chi connectivity index (χ4n) is 3.74. The summed E-state index contributed by atoms with van der Waals surface area (Å²) < 4.78 is 6.65. The van der Waals surface area contributed by atoms with E-state index in [1.165, 1.54) is 30.3 Å². The van der Waals surface area contributed by atoms with Crippen molar-refractivity contribution in [3.05, 3.63) is 99.8 Å². The lowest BCUT2D eigenvalue weighted by atomic mass is 10.1. The first-order valence-electron chi connectivity index (χ1n) is 11.6. The first kappa shape index (κ1) is 26.4. The highest BCUT2D eigenvalue weighted by molar-refractivity contribution is 14.1. The number of anilines is 1. The lowest BCUT2D eigenvalue weighted by Gasteiger charge is -2.22. The highest BCUT2D eigenvalue weighted by Crippen LogP contribution is 2.33. The number of phenols is 1. The van der Waals surface area contributed by atoms with Crippen molar-refractivity contribution in [2.24, 2.45) is 0 Å². The third-order valence-corrected chi connectivity index (χ3v) is 6.63. The van der Waals surface area contributed by atoms with Crippen LogP contribution in [0.4, 0.5) is 10.7 Å². The number of nitrogens with zero attached hydrogens (tertiary/aromatic N) is 4. The summed E-state index contributed by atoms with van der Waals surface area (Å²) in [7, 11) is 3.44. The first-order chi connectivity index (χ1) is 17.8. The Hall–Kier alpha value is -3.70. The Morgan fingerprint density at radius 1 is 1.03 bits per heavy atom. The van der Waals surface area contributed by atoms with E-state index in [0.29, 0.717) is 23.8 Å². The van der Waals surface area contributed by atoms with Crippen molar-refractivity contribution in [2.75, 3.05) is 25.5 Å². The van der Waals surface area contributed by atoms with Crippen molar-refractivity contribution in [3.63, 3.8) is 0 Å². The summed E-state index contributed by atoms with van der Waals surface area (Å²) in [4.78, 5) is 25.4. The molecule has 3 aromatic carbocycles. The molecule has 1 heterocycles. The van der Waals surface area contributed by atoms with Crippen LogP contribution < -0.4 is 9.64 Å². The van der Waals surface area contributed by atoms with Gasteiger partial charge in [-0.1, -0.05) is 60.7 Å². The van der Waals surface area contributed by atoms with Crippen LogP contribution in [0.3, 0.4) is 0 Å². The van der Waals surface area contributed by atoms with E-state index >= 15 is 0 Å². The average Bonchev–Trinajstić information content (AvgIpc) is 2.89. The van der Waals surface area contributed by atoms with Crippen LogP contribution in [0, 0.1) is 3.57 Å². The molecule has 8 nitrogen and oxygen atoms in total. The number of hydrogen-bond donors (Lipinski definition) is 2. The molecule has 0 bridgehead atoms. The van der Waals surface area contributed by atoms with Crippen LogP contribution in [0.25, 0.3) is 11.3 Å². The van der Waals surface area contributed by atoms with Crippen molar-refractivity contribution < 1.29 is 19.7 Å². The second-order valence-corrected chi connectivity index (χ2v) is 9.73. The summed E-state index contributed by atoms with van der Waals surface area (Å²) in [6.07, 6.45) is -0.163. The highest BCUT2D eigenvalue weighted by Gasteiger charge is 2.22. The maximum absolute atomic E-state index is 12.9. The zero-order valence-electron chi connectivity index (χ0n) is 20.5. The Morgan fingerprint density at radius 2 is 1.76 bits per heavy atom. The molecule has 4 aromatic rings. The van der Waals surface area contributed by atoms with Gasteiger partial charge in [0.2, 0.25) is 5.95 Å². The molecule has 0 aliphatic carbocycles. The standard InChI is InChI=1S/C28H27IN4O4/c1-32(17-19-9-4-3-5-10-19)27-30-16-25(26(31-27)22-13-6-7-14-23(22)29)37-28(36)33(2)18-24(35)20-11-8-12-21(34)15-20/h3-16,24,34-35H,17-18H2,1-2H3. The van der Waals surface area contributed by atoms with E-state index in [1.807, 2.05) is 66.5 Å². The van der Waals surface area contributed by atoms with Gasteiger partial charge in [0, 0.05) is 29.8 Å². The van der Waals surface area contributed by atoms with Crippen molar-refractivity contribution in [1.82, 2.24) is 14.9 Å². The van der Waals surface area contributed by atoms with Gasteiger partial charge in [-0.25, -0.2) is 14.8 Å². The Bertz CT molecular complexity index is 1370. The molecule has 0 radical (unpaired) electrons. The molecule has 0 aliphatic rings. The molecule has 37 heavy (non-hydrogen) atoms. The Kier molecular flexibility index (Phi) is 8.57. The number of carbonyl (C=O) groups excluding carboxylic acids is 1. The average molecular weight is 610 g/mol. The molecule has 1 aromatic heterocycles. The van der Waals surface area contributed by atoms with E-state index in [0.717, 1.165) is 14.7 Å². The van der Waals surface area contributed by atoms with Crippen LogP contribution in [0.15, 0.2) is 85.1 Å². The molecule has 0 saturated heterocycles. The molecular formula is C28H27IN4O4. The number of hydrogen-bond acceptors (Lipinski definition) is 7. The minimum Gasteiger partial charge on any atom is -0.508 e. The summed E-state index contributed by atoms with van der Waals surface area (Å²) >= 11 is 2.22. The monoisotopic (exact) mass is 610 g/mol. The van der Waals surface area contributed by atoms with Crippen LogP contribution in [-0.4, -0.2) is 51.8 Å². The van der Waals surface area contributed by atoms with Crippen molar-refractivity contribution in [2.45, 2.75) is 12.6 Å². The summed E-state index contributed by atoms with van der Waals surface area (Å²) in [6, 6.07) is 24.0. The maximum Gasteiger partial charge on any atom is 0.415 e. The smallest absolute Gasteiger partial charge is 0.415 e. The number of ether oxygens (including phenoxy) is 1. The number of carbonyl (C=O) groups is 1. The number of likely N-dealkylation sites (N-methyl/N-ethyl adjacent to an activating group) is 1. The van der Waals surface area contributed by atoms with Gasteiger partial charge in [0.05, 0.1) is 18.8 Å². The lowest BCUT2D eigenvalue weighted by Crippen LogP contribution is -2.33. The van der Waals surface area contributed by atoms with Crippen LogP contribution in [0.1, 0.15) is 17.2 Å². The van der Waals surface area contributed by atoms with Gasteiger partial charge in [-0.3, -0.25) is 0 Å². The van der Waals surface area contributed by atoms with E-state index in [9.17, 15) is 15.0 Å². The molecule has 1 unspecified atom stereocenters. The molecule has 1 atom stereocenters. The topological polar surface area (TPSA) is 99.0 Å². The van der Waals surface area contributed by atoms with Crippen LogP contribution in [-0.2, 0) is 6.54 Å². The fourth-order valence-corrected chi connectivity index (χ4v) is 4.38. The van der Waals surface area contributed by atoms with E-state index < -0.39 is 12.2 Å². The number of phenolic OH excluding ortho intramolecular Hbond substituents is 1. The van der Waals surface area contributed by atoms with Crippen molar-refractivity contribution >= 4 is 34.6 Å². The van der Waals surface area contributed by atoms with E-state index in [1.54, 1.807) is 12.1 Å². The molecule has 190 valence electrons. The number of amides is 1. The number of aliphatic hydroxyl groups is 1. The maximum atomic E-state index is 12.9. The van der Waals surface area contributed by atoms with Crippen LogP contribution in [0.5, 0.6) is 11.5 Å². The van der Waals surface area contributed by atoms with Crippen LogP contribution >= 0.6 is 22.6 Å². The minimum absolute atomic E-state index is 0.0285. The molecule has 0 spiro atoms. The predicted molar refractivity (Wildman–Crippen MR) is 150 cm³/mol. The quantitative estimate of drug-likeness (QED) is 0.263. The zero-order valence-corrected chi connectivity index (χ0v) is 22.6. The molecule has 2 N–H and O–H groups in total. The van der Waals surface area contributed by atoms with Gasteiger partial charge in [-0.2, -0.15) is 0 Å². The lowest BCUT2D eigenvalue weighted by molar-refractivity contribution is 0.112. The van der Waals surface area contributed by atoms with E-state index in [4.69, 9.17) is 9.72 Å². The molecule has 0 saturated carbocycles. The Balaban J connectivity index is 1.57. The van der Waals surface area contributed by atoms with Crippen LogP contribution in [0.2, 0.25) is 0 Å². The number of aliphatic hydroxyl groups excluding tert-OH is 1. The number of aromatic nitrogens is 2. The van der Waals surface area contributed by atoms with E-state index in [-0.39, 0.29) is 18.0 Å². The summed E-state index contributed by atoms with van der Waals surface area (Å²) in [6.45, 7) is 0.584. The number of benzene rings is 3. The van der Waals surface area contributed by atoms with E-state index in [2.05, 4.69) is 27.6 Å². The third kappa shape index (κ3) is 6.75. The number of aromatic hydroxyl groups is 1. The summed E-state index contributed by atoms with van der Waals surface area (Å²) in [5, 5.41) is 20.2. The largest absolute Gasteiger partial charge is 0.508 e. The normalized spacial score (nSPS) is 11.6. The van der Waals surface area contributed by atoms with Gasteiger partial charge in [-0.15, -0.1) is 0 Å². The Morgan fingerprint density at radius 3 is 2.49 bits per heavy atom. The molecule has 0 aliphatic heterocycles. The van der Waals surface area contributed by atoms with Gasteiger partial charge in [0.1, 0.15) is 11.4 Å². The SMILES string of the molecule is CN(CC(O)c1cccc(O)c1)C(=O)Oc1cnc(N(C)Cc2ccccc2)nc1-c1ccccc1I. The first-order valence-corrected chi connectivity index (χ1v) is 12.7. The number of rotatable bonds is 8. The Labute approximate surface area is 229 Å².